The summed E-state index contributed by atoms with van der Waals surface area (Å²) >= 11 is 0. The summed E-state index contributed by atoms with van der Waals surface area (Å²) in [7, 11) is 0. The molecule has 0 spiro atoms. The summed E-state index contributed by atoms with van der Waals surface area (Å²) in [5.41, 5.74) is 2.43. The van der Waals surface area contributed by atoms with Gasteiger partial charge in [-0.2, -0.15) is 0 Å². The lowest BCUT2D eigenvalue weighted by molar-refractivity contribution is -0.143. The number of hydrogen-bond donors (Lipinski definition) is 0. The fourth-order valence-electron chi connectivity index (χ4n) is 3.44. The average molecular weight is 236 g/mol. The first-order chi connectivity index (χ1) is 8.00. The first kappa shape index (κ1) is 12.7. The Hall–Kier alpha value is -0.790. The topological polar surface area (TPSA) is 26.3 Å². The second kappa shape index (κ2) is 4.83. The molecule has 0 amide bonds. The maximum atomic E-state index is 12.1. The summed E-state index contributed by atoms with van der Waals surface area (Å²) in [6, 6.07) is 0. The van der Waals surface area contributed by atoms with E-state index in [2.05, 4.69) is 13.8 Å². The first-order valence-corrected chi connectivity index (χ1v) is 6.94. The maximum absolute atomic E-state index is 12.1. The molecule has 0 aromatic carbocycles. The molecule has 0 N–H and O–H groups in total. The Morgan fingerprint density at radius 1 is 1.24 bits per heavy atom. The van der Waals surface area contributed by atoms with Crippen molar-refractivity contribution in [2.24, 2.45) is 17.8 Å². The van der Waals surface area contributed by atoms with Crippen LogP contribution in [0.4, 0.5) is 0 Å². The lowest BCUT2D eigenvalue weighted by Crippen LogP contribution is -2.24. The van der Waals surface area contributed by atoms with Gasteiger partial charge in [0.15, 0.2) is 0 Å². The van der Waals surface area contributed by atoms with Crippen molar-refractivity contribution >= 4 is 5.97 Å². The van der Waals surface area contributed by atoms with Crippen molar-refractivity contribution in [2.75, 3.05) is 0 Å². The van der Waals surface area contributed by atoms with Crippen LogP contribution in [0.2, 0.25) is 0 Å². The zero-order chi connectivity index (χ0) is 12.6. The predicted octanol–water partition coefficient (Wildman–Crippen LogP) is 3.71. The molecule has 0 aromatic rings. The van der Waals surface area contributed by atoms with Crippen LogP contribution >= 0.6 is 0 Å². The molecule has 3 atom stereocenters. The van der Waals surface area contributed by atoms with E-state index in [1.165, 1.54) is 18.4 Å². The summed E-state index contributed by atoms with van der Waals surface area (Å²) in [5, 5.41) is 0. The zero-order valence-electron chi connectivity index (χ0n) is 11.5. The van der Waals surface area contributed by atoms with Crippen molar-refractivity contribution in [3.63, 3.8) is 0 Å². The maximum Gasteiger partial charge on any atom is 0.334 e. The van der Waals surface area contributed by atoms with Crippen molar-refractivity contribution in [2.45, 2.75) is 59.5 Å². The minimum absolute atomic E-state index is 0.00916. The highest BCUT2D eigenvalue weighted by atomic mass is 16.5. The number of carbonyl (C=O) groups excluding carboxylic acids is 1. The highest BCUT2D eigenvalue weighted by molar-refractivity contribution is 5.90. The molecule has 0 heterocycles. The van der Waals surface area contributed by atoms with Gasteiger partial charge in [-0.05, 0) is 57.3 Å². The highest BCUT2D eigenvalue weighted by Gasteiger charge is 2.38. The van der Waals surface area contributed by atoms with Crippen molar-refractivity contribution in [3.05, 3.63) is 11.1 Å². The largest absolute Gasteiger partial charge is 0.460 e. The summed E-state index contributed by atoms with van der Waals surface area (Å²) in [4.78, 5) is 12.1. The van der Waals surface area contributed by atoms with Crippen LogP contribution in [0.25, 0.3) is 0 Å². The molecule has 0 unspecified atom stereocenters. The average Bonchev–Trinajstić information content (AvgIpc) is 2.61. The molecule has 0 saturated heterocycles. The monoisotopic (exact) mass is 236 g/mol. The van der Waals surface area contributed by atoms with E-state index in [4.69, 9.17) is 4.74 Å². The van der Waals surface area contributed by atoms with Gasteiger partial charge < -0.3 is 4.74 Å². The SMILES string of the molecule is CC(C)OC(=O)C1=C2[C@H](C)CC[C@H]2[C@H](C)CC1. The first-order valence-electron chi connectivity index (χ1n) is 6.94. The van der Waals surface area contributed by atoms with Crippen LogP contribution < -0.4 is 0 Å². The standard InChI is InChI=1S/C15H24O2/c1-9(2)17-15(16)13-8-5-10(3)12-7-6-11(4)14(12)13/h9-12H,5-8H2,1-4H3/t10-,11-,12+/m1/s1. The smallest absolute Gasteiger partial charge is 0.334 e. The molecule has 2 rings (SSSR count). The number of rotatable bonds is 2. The Morgan fingerprint density at radius 2 is 1.94 bits per heavy atom. The third kappa shape index (κ3) is 2.41. The molecule has 96 valence electrons. The molecule has 2 aliphatic rings. The second-order valence-electron chi connectivity index (χ2n) is 5.99. The summed E-state index contributed by atoms with van der Waals surface area (Å²) in [6.45, 7) is 8.43. The molecule has 17 heavy (non-hydrogen) atoms. The Labute approximate surface area is 104 Å². The van der Waals surface area contributed by atoms with E-state index in [-0.39, 0.29) is 12.1 Å². The Kier molecular flexibility index (Phi) is 3.60. The highest BCUT2D eigenvalue weighted by Crippen LogP contribution is 2.47. The zero-order valence-corrected chi connectivity index (χ0v) is 11.5. The van der Waals surface area contributed by atoms with E-state index in [1.54, 1.807) is 0 Å². The van der Waals surface area contributed by atoms with Gasteiger partial charge in [0.25, 0.3) is 0 Å². The molecule has 1 fully saturated rings. The van der Waals surface area contributed by atoms with Crippen LogP contribution in [0.1, 0.15) is 53.4 Å². The van der Waals surface area contributed by atoms with Crippen molar-refractivity contribution in [1.82, 2.24) is 0 Å². The van der Waals surface area contributed by atoms with Gasteiger partial charge in [-0.15, -0.1) is 0 Å². The van der Waals surface area contributed by atoms with Gasteiger partial charge in [0.1, 0.15) is 0 Å². The van der Waals surface area contributed by atoms with Gasteiger partial charge in [0, 0.05) is 5.57 Å². The Morgan fingerprint density at radius 3 is 2.59 bits per heavy atom. The molecule has 2 nitrogen and oxygen atoms in total. The molecule has 1 saturated carbocycles. The number of carbonyl (C=O) groups is 1. The van der Waals surface area contributed by atoms with Crippen molar-refractivity contribution in [1.29, 1.82) is 0 Å². The van der Waals surface area contributed by atoms with Crippen LogP contribution in [-0.4, -0.2) is 12.1 Å². The number of fused-ring (bicyclic) bond motifs is 1. The summed E-state index contributed by atoms with van der Waals surface area (Å²) in [6.07, 6.45) is 4.55. The fourth-order valence-corrected chi connectivity index (χ4v) is 3.44. The molecule has 0 aromatic heterocycles. The molecule has 0 bridgehead atoms. The van der Waals surface area contributed by atoms with Gasteiger partial charge in [-0.25, -0.2) is 4.79 Å². The third-order valence-corrected chi connectivity index (χ3v) is 4.32. The normalized spacial score (nSPS) is 32.9. The van der Waals surface area contributed by atoms with Crippen LogP contribution in [0.3, 0.4) is 0 Å². The van der Waals surface area contributed by atoms with Gasteiger partial charge in [-0.1, -0.05) is 19.4 Å². The summed E-state index contributed by atoms with van der Waals surface area (Å²) < 4.78 is 5.38. The molecule has 2 aliphatic carbocycles. The molecule has 0 aliphatic heterocycles. The number of esters is 1. The van der Waals surface area contributed by atoms with Crippen molar-refractivity contribution < 1.29 is 9.53 Å². The van der Waals surface area contributed by atoms with E-state index < -0.39 is 0 Å². The lowest BCUT2D eigenvalue weighted by atomic mass is 9.76. The van der Waals surface area contributed by atoms with E-state index in [9.17, 15) is 4.79 Å². The van der Waals surface area contributed by atoms with Crippen LogP contribution in [-0.2, 0) is 9.53 Å². The van der Waals surface area contributed by atoms with Crippen LogP contribution in [0.15, 0.2) is 11.1 Å². The van der Waals surface area contributed by atoms with E-state index in [1.807, 2.05) is 13.8 Å². The van der Waals surface area contributed by atoms with Crippen molar-refractivity contribution in [3.8, 4) is 0 Å². The molecular formula is C15H24O2. The van der Waals surface area contributed by atoms with Gasteiger partial charge in [-0.3, -0.25) is 0 Å². The predicted molar refractivity (Wildman–Crippen MR) is 68.5 cm³/mol. The van der Waals surface area contributed by atoms with Crippen LogP contribution in [0.5, 0.6) is 0 Å². The minimum atomic E-state index is -0.0550. The number of allylic oxidation sites excluding steroid dienone is 1. The second-order valence-corrected chi connectivity index (χ2v) is 5.99. The van der Waals surface area contributed by atoms with Gasteiger partial charge in [0.2, 0.25) is 0 Å². The molecular weight excluding hydrogens is 212 g/mol. The molecule has 0 radical (unpaired) electrons. The number of ether oxygens (including phenoxy) is 1. The van der Waals surface area contributed by atoms with E-state index in [0.717, 1.165) is 24.3 Å². The van der Waals surface area contributed by atoms with Crippen LogP contribution in [0, 0.1) is 17.8 Å². The van der Waals surface area contributed by atoms with Gasteiger partial charge >= 0.3 is 5.97 Å². The van der Waals surface area contributed by atoms with E-state index >= 15 is 0 Å². The minimum Gasteiger partial charge on any atom is -0.460 e. The van der Waals surface area contributed by atoms with E-state index in [0.29, 0.717) is 11.8 Å². The number of hydrogen-bond acceptors (Lipinski definition) is 2. The summed E-state index contributed by atoms with van der Waals surface area (Å²) in [5.74, 6) is 1.91. The fraction of sp³-hybridized carbons (Fsp3) is 0.800. The Balaban J connectivity index is 2.27. The third-order valence-electron chi connectivity index (χ3n) is 4.32. The quantitative estimate of drug-likeness (QED) is 0.683. The van der Waals surface area contributed by atoms with Gasteiger partial charge in [0.05, 0.1) is 6.10 Å². The Bertz CT molecular complexity index is 341. The molecule has 2 heteroatoms. The lowest BCUT2D eigenvalue weighted by Gasteiger charge is -2.30.